The van der Waals surface area contributed by atoms with E-state index >= 15 is 0 Å². The molecule has 0 radical (unpaired) electrons. The third kappa shape index (κ3) is 4.77. The van der Waals surface area contributed by atoms with Crippen molar-refractivity contribution < 1.29 is 14.6 Å². The van der Waals surface area contributed by atoms with Crippen molar-refractivity contribution >= 4 is 12.0 Å². The highest BCUT2D eigenvalue weighted by atomic mass is 16.5. The highest BCUT2D eigenvalue weighted by Crippen LogP contribution is 2.22. The first-order valence-corrected chi connectivity index (χ1v) is 7.43. The Bertz CT molecular complexity index is 625. The maximum absolute atomic E-state index is 11.5. The molecule has 0 aromatic heterocycles. The number of benzene rings is 2. The zero-order chi connectivity index (χ0) is 15.8. The third-order valence-corrected chi connectivity index (χ3v) is 3.27. The van der Waals surface area contributed by atoms with Gasteiger partial charge in [0, 0.05) is 6.08 Å². The molecular formula is C19H20O3. The smallest absolute Gasteiger partial charge is 0.330 e. The van der Waals surface area contributed by atoms with Crippen LogP contribution in [0.5, 0.6) is 5.75 Å². The number of phenols is 1. The normalized spacial score (nSPS) is 10.8. The van der Waals surface area contributed by atoms with E-state index in [0.717, 1.165) is 29.5 Å². The van der Waals surface area contributed by atoms with Gasteiger partial charge in [-0.05, 0) is 41.3 Å². The van der Waals surface area contributed by atoms with Crippen LogP contribution in [0.15, 0.2) is 54.6 Å². The van der Waals surface area contributed by atoms with Gasteiger partial charge in [0.25, 0.3) is 0 Å². The lowest BCUT2D eigenvalue weighted by atomic mass is 10.0. The van der Waals surface area contributed by atoms with Gasteiger partial charge in [0.1, 0.15) is 5.75 Å². The van der Waals surface area contributed by atoms with Crippen molar-refractivity contribution in [3.63, 3.8) is 0 Å². The standard InChI is InChI=1S/C19H20O3/c1-2-3-14-22-19(21)13-6-15-4-7-16(8-5-15)17-9-11-18(20)12-10-17/h4-13,20H,2-3,14H2,1H3. The predicted octanol–water partition coefficient (Wildman–Crippen LogP) is 4.42. The fourth-order valence-electron chi connectivity index (χ4n) is 1.97. The molecule has 2 rings (SSSR count). The van der Waals surface area contributed by atoms with Crippen molar-refractivity contribution in [2.45, 2.75) is 19.8 Å². The molecule has 0 saturated carbocycles. The molecule has 0 aliphatic heterocycles. The van der Waals surface area contributed by atoms with Gasteiger partial charge in [-0.3, -0.25) is 0 Å². The SMILES string of the molecule is CCCCOC(=O)C=Cc1ccc(-c2ccc(O)cc2)cc1. The molecule has 3 heteroatoms. The number of phenolic OH excluding ortho intramolecular Hbond substituents is 1. The maximum Gasteiger partial charge on any atom is 0.330 e. The second-order valence-electron chi connectivity index (χ2n) is 5.02. The molecule has 0 aliphatic rings. The molecule has 1 N–H and O–H groups in total. The Balaban J connectivity index is 1.97. The summed E-state index contributed by atoms with van der Waals surface area (Å²) in [7, 11) is 0. The molecule has 2 aromatic carbocycles. The van der Waals surface area contributed by atoms with E-state index in [1.165, 1.54) is 6.08 Å². The molecule has 0 bridgehead atoms. The molecule has 114 valence electrons. The Morgan fingerprint density at radius 1 is 1.05 bits per heavy atom. The van der Waals surface area contributed by atoms with Gasteiger partial charge in [-0.15, -0.1) is 0 Å². The lowest BCUT2D eigenvalue weighted by Gasteiger charge is -2.03. The average molecular weight is 296 g/mol. The van der Waals surface area contributed by atoms with E-state index in [1.54, 1.807) is 18.2 Å². The molecule has 0 atom stereocenters. The number of aromatic hydroxyl groups is 1. The summed E-state index contributed by atoms with van der Waals surface area (Å²) >= 11 is 0. The number of rotatable bonds is 6. The van der Waals surface area contributed by atoms with E-state index in [4.69, 9.17) is 4.74 Å². The first-order valence-electron chi connectivity index (χ1n) is 7.43. The number of hydrogen-bond acceptors (Lipinski definition) is 3. The minimum absolute atomic E-state index is 0.255. The van der Waals surface area contributed by atoms with Gasteiger partial charge >= 0.3 is 5.97 Å². The molecule has 0 fully saturated rings. The first-order chi connectivity index (χ1) is 10.7. The van der Waals surface area contributed by atoms with Crippen molar-refractivity contribution in [3.05, 3.63) is 60.2 Å². The number of hydrogen-bond donors (Lipinski definition) is 1. The van der Waals surface area contributed by atoms with Crippen LogP contribution in [0.2, 0.25) is 0 Å². The van der Waals surface area contributed by atoms with Crippen LogP contribution >= 0.6 is 0 Å². The van der Waals surface area contributed by atoms with Crippen LogP contribution in [-0.4, -0.2) is 17.7 Å². The highest BCUT2D eigenvalue weighted by Gasteiger charge is 1.99. The Labute approximate surface area is 130 Å². The van der Waals surface area contributed by atoms with E-state index in [2.05, 4.69) is 6.92 Å². The summed E-state index contributed by atoms with van der Waals surface area (Å²) in [5.74, 6) is -0.0547. The van der Waals surface area contributed by atoms with E-state index < -0.39 is 0 Å². The van der Waals surface area contributed by atoms with Gasteiger partial charge in [0.15, 0.2) is 0 Å². The summed E-state index contributed by atoms with van der Waals surface area (Å²) in [6.07, 6.45) is 5.09. The molecule has 0 amide bonds. The Kier molecular flexibility index (Phi) is 5.78. The molecular weight excluding hydrogens is 276 g/mol. The largest absolute Gasteiger partial charge is 0.508 e. The molecule has 22 heavy (non-hydrogen) atoms. The second kappa shape index (κ2) is 8.03. The van der Waals surface area contributed by atoms with Crippen molar-refractivity contribution in [2.75, 3.05) is 6.61 Å². The van der Waals surface area contributed by atoms with E-state index in [-0.39, 0.29) is 11.7 Å². The number of esters is 1. The first kappa shape index (κ1) is 15.8. The zero-order valence-electron chi connectivity index (χ0n) is 12.7. The van der Waals surface area contributed by atoms with Crippen LogP contribution in [0.25, 0.3) is 17.2 Å². The number of carbonyl (C=O) groups is 1. The molecule has 3 nitrogen and oxygen atoms in total. The van der Waals surface area contributed by atoms with Crippen molar-refractivity contribution in [1.82, 2.24) is 0 Å². The van der Waals surface area contributed by atoms with Crippen LogP contribution in [-0.2, 0) is 9.53 Å². The lowest BCUT2D eigenvalue weighted by molar-refractivity contribution is -0.137. The van der Waals surface area contributed by atoms with Crippen LogP contribution in [0, 0.1) is 0 Å². The third-order valence-electron chi connectivity index (χ3n) is 3.27. The van der Waals surface area contributed by atoms with Crippen LogP contribution in [0.3, 0.4) is 0 Å². The summed E-state index contributed by atoms with van der Waals surface area (Å²) in [6.45, 7) is 2.53. The van der Waals surface area contributed by atoms with Gasteiger partial charge in [0.05, 0.1) is 6.61 Å². The fraction of sp³-hybridized carbons (Fsp3) is 0.211. The summed E-state index contributed by atoms with van der Waals surface area (Å²) < 4.78 is 5.06. The summed E-state index contributed by atoms with van der Waals surface area (Å²) in [6, 6.07) is 14.9. The van der Waals surface area contributed by atoms with Gasteiger partial charge in [0.2, 0.25) is 0 Å². The highest BCUT2D eigenvalue weighted by molar-refractivity contribution is 5.87. The molecule has 0 unspecified atom stereocenters. The van der Waals surface area contributed by atoms with Gasteiger partial charge in [-0.2, -0.15) is 0 Å². The molecule has 2 aromatic rings. The summed E-state index contributed by atoms with van der Waals surface area (Å²) in [5.41, 5.74) is 3.03. The van der Waals surface area contributed by atoms with Gasteiger partial charge in [-0.1, -0.05) is 49.7 Å². The Morgan fingerprint density at radius 2 is 1.64 bits per heavy atom. The number of carbonyl (C=O) groups excluding carboxylic acids is 1. The van der Waals surface area contributed by atoms with Crippen molar-refractivity contribution in [1.29, 1.82) is 0 Å². The lowest BCUT2D eigenvalue weighted by Crippen LogP contribution is -2.01. The molecule has 0 heterocycles. The number of ether oxygens (including phenoxy) is 1. The number of unbranched alkanes of at least 4 members (excludes halogenated alkanes) is 1. The average Bonchev–Trinajstić information content (AvgIpc) is 2.54. The topological polar surface area (TPSA) is 46.5 Å². The summed E-state index contributed by atoms with van der Waals surface area (Å²) in [5, 5.41) is 9.29. The zero-order valence-corrected chi connectivity index (χ0v) is 12.7. The monoisotopic (exact) mass is 296 g/mol. The van der Waals surface area contributed by atoms with E-state index in [0.29, 0.717) is 6.61 Å². The predicted molar refractivity (Wildman–Crippen MR) is 88.4 cm³/mol. The Morgan fingerprint density at radius 3 is 2.23 bits per heavy atom. The van der Waals surface area contributed by atoms with Crippen LogP contribution in [0.4, 0.5) is 0 Å². The summed E-state index contributed by atoms with van der Waals surface area (Å²) in [4.78, 5) is 11.5. The minimum Gasteiger partial charge on any atom is -0.508 e. The van der Waals surface area contributed by atoms with Gasteiger partial charge < -0.3 is 9.84 Å². The second-order valence-corrected chi connectivity index (χ2v) is 5.02. The minimum atomic E-state index is -0.309. The van der Waals surface area contributed by atoms with Crippen LogP contribution in [0.1, 0.15) is 25.3 Å². The Hall–Kier alpha value is -2.55. The van der Waals surface area contributed by atoms with E-state index in [9.17, 15) is 9.90 Å². The molecule has 0 aliphatic carbocycles. The van der Waals surface area contributed by atoms with Crippen LogP contribution < -0.4 is 0 Å². The van der Waals surface area contributed by atoms with Gasteiger partial charge in [-0.25, -0.2) is 4.79 Å². The van der Waals surface area contributed by atoms with Crippen molar-refractivity contribution in [3.8, 4) is 16.9 Å². The maximum atomic E-state index is 11.5. The van der Waals surface area contributed by atoms with E-state index in [1.807, 2.05) is 36.4 Å². The quantitative estimate of drug-likeness (QED) is 0.488. The molecule has 0 spiro atoms. The van der Waals surface area contributed by atoms with Crippen molar-refractivity contribution in [2.24, 2.45) is 0 Å². The molecule has 0 saturated heterocycles. The fourth-order valence-corrected chi connectivity index (χ4v) is 1.97.